The fraction of sp³-hybridized carbons (Fsp3) is 0.500. The summed E-state index contributed by atoms with van der Waals surface area (Å²) < 4.78 is 27.1. The molecule has 0 saturated carbocycles. The summed E-state index contributed by atoms with van der Waals surface area (Å²) in [6.45, 7) is 5.10. The van der Waals surface area contributed by atoms with Gasteiger partial charge in [0.15, 0.2) is 15.3 Å². The third kappa shape index (κ3) is 14.2. The van der Waals surface area contributed by atoms with Gasteiger partial charge in [-0.3, -0.25) is 36.1 Å². The summed E-state index contributed by atoms with van der Waals surface area (Å²) in [7, 11) is -4.05. The van der Waals surface area contributed by atoms with Gasteiger partial charge in [0.05, 0.1) is 19.8 Å². The average Bonchev–Trinajstić information content (AvgIpc) is 2.69. The molecule has 0 radical (unpaired) electrons. The molecule has 0 aromatic rings. The molecule has 0 atom stereocenters. The minimum absolute atomic E-state index is 0.107. The first-order chi connectivity index (χ1) is 15.0. The summed E-state index contributed by atoms with van der Waals surface area (Å²) >= 11 is 14.8. The van der Waals surface area contributed by atoms with Gasteiger partial charge < -0.3 is 14.2 Å². The Morgan fingerprint density at radius 1 is 0.594 bits per heavy atom. The van der Waals surface area contributed by atoms with E-state index in [0.29, 0.717) is 0 Å². The van der Waals surface area contributed by atoms with Gasteiger partial charge in [0.25, 0.3) is 0 Å². The number of nitrogens with one attached hydrogen (secondary N) is 9. The van der Waals surface area contributed by atoms with Gasteiger partial charge in [-0.15, -0.1) is 0 Å². The lowest BCUT2D eigenvalue weighted by atomic mass is 10.9. The third-order valence-electron chi connectivity index (χ3n) is 2.44. The van der Waals surface area contributed by atoms with E-state index in [4.69, 9.17) is 36.7 Å². The van der Waals surface area contributed by atoms with E-state index in [0.717, 1.165) is 0 Å². The van der Waals surface area contributed by atoms with Crippen LogP contribution in [0.3, 0.4) is 0 Å². The number of amides is 3. The maximum Gasteiger partial charge on any atom is 0.425 e. The first kappa shape index (κ1) is 29.1. The van der Waals surface area contributed by atoms with Gasteiger partial charge in [-0.05, 0) is 57.4 Å². The summed E-state index contributed by atoms with van der Waals surface area (Å²) in [4.78, 5) is 34.0. The van der Waals surface area contributed by atoms with E-state index in [1.54, 1.807) is 20.8 Å². The zero-order chi connectivity index (χ0) is 24.6. The molecule has 0 aromatic heterocycles. The molecule has 0 aliphatic heterocycles. The number of carbonyl (C=O) groups excluding carboxylic acids is 3. The first-order valence-corrected chi connectivity index (χ1v) is 11.6. The van der Waals surface area contributed by atoms with Crippen molar-refractivity contribution in [3.8, 4) is 0 Å². The van der Waals surface area contributed by atoms with Crippen molar-refractivity contribution in [2.24, 2.45) is 0 Å². The number of carbonyl (C=O) groups is 3. The number of hydrazine groups is 3. The maximum atomic E-state index is 13.2. The first-order valence-electron chi connectivity index (χ1n) is 8.68. The van der Waals surface area contributed by atoms with Crippen LogP contribution in [0.15, 0.2) is 0 Å². The summed E-state index contributed by atoms with van der Waals surface area (Å²) in [6, 6.07) is 0. The lowest BCUT2D eigenvalue weighted by Crippen LogP contribution is -2.54. The molecule has 0 aliphatic rings. The van der Waals surface area contributed by atoms with Gasteiger partial charge in [0, 0.05) is 0 Å². The molecule has 0 aromatic carbocycles. The molecular weight excluding hydrogens is 509 g/mol. The SMILES string of the molecule is CCOC(=O)NNC(=S)NP(=O)(NC(=S)NNC(=O)OCC)NC(=S)NNC(=O)OCC. The van der Waals surface area contributed by atoms with Gasteiger partial charge in [-0.1, -0.05) is 0 Å². The molecule has 0 heterocycles. The minimum Gasteiger partial charge on any atom is -0.449 e. The quantitative estimate of drug-likeness (QED) is 0.0911. The highest BCUT2D eigenvalue weighted by atomic mass is 32.1. The Labute approximate surface area is 199 Å². The highest BCUT2D eigenvalue weighted by Gasteiger charge is 2.26. The van der Waals surface area contributed by atoms with E-state index >= 15 is 0 Å². The Balaban J connectivity index is 5.07. The molecule has 9 N–H and O–H groups in total. The molecular formula is C12H24N9O7PS3. The lowest BCUT2D eigenvalue weighted by Gasteiger charge is -2.25. The van der Waals surface area contributed by atoms with Crippen molar-refractivity contribution in [3.63, 3.8) is 0 Å². The zero-order valence-corrected chi connectivity index (χ0v) is 20.5. The Morgan fingerprint density at radius 3 is 1.06 bits per heavy atom. The predicted octanol–water partition coefficient (Wildman–Crippen LogP) is -0.530. The second kappa shape index (κ2) is 15.8. The monoisotopic (exact) mass is 533 g/mol. The molecule has 20 heteroatoms. The molecule has 16 nitrogen and oxygen atoms in total. The van der Waals surface area contributed by atoms with Crippen molar-refractivity contribution < 1.29 is 33.2 Å². The molecule has 182 valence electrons. The van der Waals surface area contributed by atoms with Crippen LogP contribution in [-0.2, 0) is 18.8 Å². The van der Waals surface area contributed by atoms with Crippen LogP contribution < -0.4 is 47.8 Å². The van der Waals surface area contributed by atoms with E-state index in [1.807, 2.05) is 0 Å². The number of ether oxygens (including phenoxy) is 3. The van der Waals surface area contributed by atoms with Crippen molar-refractivity contribution in [2.45, 2.75) is 20.8 Å². The van der Waals surface area contributed by atoms with E-state index < -0.39 is 25.9 Å². The Hall–Kier alpha value is -2.89. The van der Waals surface area contributed by atoms with Gasteiger partial charge in [-0.2, -0.15) is 0 Å². The molecule has 32 heavy (non-hydrogen) atoms. The largest absolute Gasteiger partial charge is 0.449 e. The van der Waals surface area contributed by atoms with E-state index in [1.165, 1.54) is 0 Å². The molecule has 0 fully saturated rings. The minimum atomic E-state index is -4.05. The van der Waals surface area contributed by atoms with Crippen LogP contribution in [0.2, 0.25) is 0 Å². The highest BCUT2D eigenvalue weighted by molar-refractivity contribution is 7.83. The van der Waals surface area contributed by atoms with E-state index in [9.17, 15) is 18.9 Å². The number of hydrogen-bond donors (Lipinski definition) is 9. The van der Waals surface area contributed by atoms with Gasteiger partial charge in [0.1, 0.15) is 0 Å². The molecule has 0 rings (SSSR count). The van der Waals surface area contributed by atoms with Crippen molar-refractivity contribution in [3.05, 3.63) is 0 Å². The van der Waals surface area contributed by atoms with Gasteiger partial charge >= 0.3 is 25.9 Å². The average molecular weight is 534 g/mol. The lowest BCUT2D eigenvalue weighted by molar-refractivity contribution is 0.149. The Bertz CT molecular complexity index is 662. The van der Waals surface area contributed by atoms with E-state index in [2.05, 4.69) is 62.0 Å². The van der Waals surface area contributed by atoms with Crippen molar-refractivity contribution >= 4 is 77.9 Å². The standard InChI is InChI=1S/C12H24N9O7PS3/c1-4-26-10(22)16-13-7(30)19-29(25,20-8(31)14-17-11(23)27-5-2)21-9(32)15-18-12(24)28-6-3/h4-6H2,1-3H3,(H,16,22)(H,17,23)(H,18,24)(H6,13,14,15,19,20,21,25,30,31,32). The van der Waals surface area contributed by atoms with Crippen LogP contribution in [0.25, 0.3) is 0 Å². The molecule has 0 spiro atoms. The molecule has 3 amide bonds. The number of thiocarbonyl (C=S) groups is 3. The Morgan fingerprint density at radius 2 is 0.844 bits per heavy atom. The third-order valence-corrected chi connectivity index (χ3v) is 5.12. The van der Waals surface area contributed by atoms with Gasteiger partial charge in [-0.25, -0.2) is 30.7 Å². The fourth-order valence-corrected chi connectivity index (χ4v) is 3.93. The van der Waals surface area contributed by atoms with Crippen LogP contribution in [0.1, 0.15) is 20.8 Å². The normalized spacial score (nSPS) is 9.72. The van der Waals surface area contributed by atoms with Crippen molar-refractivity contribution in [2.75, 3.05) is 19.8 Å². The summed E-state index contributed by atoms with van der Waals surface area (Å²) in [5, 5.41) is 5.92. The summed E-state index contributed by atoms with van der Waals surface area (Å²) in [5.74, 6) is 0. The second-order valence-corrected chi connectivity index (χ2v) is 7.96. The molecule has 0 bridgehead atoms. The van der Waals surface area contributed by atoms with Crippen LogP contribution in [-0.4, -0.2) is 53.4 Å². The number of rotatable bonds is 6. The smallest absolute Gasteiger partial charge is 0.425 e. The summed E-state index contributed by atoms with van der Waals surface area (Å²) in [6.07, 6.45) is -2.54. The highest BCUT2D eigenvalue weighted by Crippen LogP contribution is 2.29. The van der Waals surface area contributed by atoms with Crippen molar-refractivity contribution in [1.82, 2.24) is 47.8 Å². The Kier molecular flexibility index (Phi) is 14.4. The zero-order valence-electron chi connectivity index (χ0n) is 17.2. The van der Waals surface area contributed by atoms with Crippen LogP contribution in [0.5, 0.6) is 0 Å². The fourth-order valence-electron chi connectivity index (χ4n) is 1.42. The molecule has 0 unspecified atom stereocenters. The van der Waals surface area contributed by atoms with Crippen LogP contribution in [0.4, 0.5) is 14.4 Å². The summed E-state index contributed by atoms with van der Waals surface area (Å²) in [5.41, 5.74) is 13.0. The number of hydrogen-bond acceptors (Lipinski definition) is 10. The second-order valence-electron chi connectivity index (χ2n) is 4.84. The molecule has 0 aliphatic carbocycles. The predicted molar refractivity (Wildman–Crippen MR) is 125 cm³/mol. The molecule has 0 saturated heterocycles. The van der Waals surface area contributed by atoms with Crippen LogP contribution in [0, 0.1) is 0 Å². The topological polar surface area (TPSA) is 204 Å². The van der Waals surface area contributed by atoms with Crippen molar-refractivity contribution in [1.29, 1.82) is 0 Å². The van der Waals surface area contributed by atoms with Gasteiger partial charge in [0.2, 0.25) is 0 Å². The maximum absolute atomic E-state index is 13.2. The van der Waals surface area contributed by atoms with E-state index in [-0.39, 0.29) is 35.2 Å². The van der Waals surface area contributed by atoms with Crippen LogP contribution >= 0.6 is 44.2 Å².